The predicted octanol–water partition coefficient (Wildman–Crippen LogP) is 3.85. The van der Waals surface area contributed by atoms with Gasteiger partial charge in [0.05, 0.1) is 6.61 Å². The van der Waals surface area contributed by atoms with E-state index < -0.39 is 29.9 Å². The van der Waals surface area contributed by atoms with E-state index in [1.807, 2.05) is 72.8 Å². The Balaban J connectivity index is 1.69. The monoisotopic (exact) mass is 403 g/mol. The Morgan fingerprint density at radius 2 is 1.73 bits per heavy atom. The molecule has 3 aromatic carbocycles. The Morgan fingerprint density at radius 3 is 2.47 bits per heavy atom. The number of hydrogen-bond acceptors (Lipinski definition) is 4. The standard InChI is InChI=1S/C25H25NO4/c1-2-30-25(29)23-21(20-13-12-18-10-6-7-11-19(18)14-20)15-22(27)26(24(23)28)16-17-8-4-3-5-9-17/h3-14,21-23,27H,2,15-16H2,1H3/t21-,22+,23-/m0/s1. The lowest BCUT2D eigenvalue weighted by atomic mass is 9.78. The molecule has 1 aliphatic heterocycles. The minimum absolute atomic E-state index is 0.203. The van der Waals surface area contributed by atoms with Crippen molar-refractivity contribution in [2.45, 2.75) is 32.0 Å². The highest BCUT2D eigenvalue weighted by Gasteiger charge is 2.46. The smallest absolute Gasteiger partial charge is 0.319 e. The number of nitrogens with zero attached hydrogens (tertiary/aromatic N) is 1. The molecule has 0 saturated carbocycles. The summed E-state index contributed by atoms with van der Waals surface area (Å²) in [4.78, 5) is 27.6. The molecule has 30 heavy (non-hydrogen) atoms. The largest absolute Gasteiger partial charge is 0.465 e. The number of piperidine rings is 1. The third-order valence-corrected chi connectivity index (χ3v) is 5.71. The van der Waals surface area contributed by atoms with E-state index in [-0.39, 0.29) is 19.6 Å². The number of carbonyl (C=O) groups is 2. The SMILES string of the molecule is CCOC(=O)[C@@H]1C(=O)N(Cc2ccccc2)[C@H](O)C[C@H]1c1ccc2ccccc2c1. The first-order valence-electron chi connectivity index (χ1n) is 10.3. The Morgan fingerprint density at radius 1 is 1.03 bits per heavy atom. The number of hydrogen-bond donors (Lipinski definition) is 1. The molecule has 0 aromatic heterocycles. The van der Waals surface area contributed by atoms with Crippen LogP contribution in [0.1, 0.15) is 30.4 Å². The van der Waals surface area contributed by atoms with E-state index in [9.17, 15) is 14.7 Å². The van der Waals surface area contributed by atoms with Crippen LogP contribution in [-0.2, 0) is 20.9 Å². The molecule has 1 saturated heterocycles. The van der Waals surface area contributed by atoms with Crippen molar-refractivity contribution in [2.75, 3.05) is 6.61 Å². The van der Waals surface area contributed by atoms with Crippen molar-refractivity contribution in [3.8, 4) is 0 Å². The van der Waals surface area contributed by atoms with Crippen LogP contribution < -0.4 is 0 Å². The topological polar surface area (TPSA) is 66.8 Å². The zero-order valence-corrected chi connectivity index (χ0v) is 16.9. The molecular formula is C25H25NO4. The highest BCUT2D eigenvalue weighted by Crippen LogP contribution is 2.38. The first kappa shape index (κ1) is 20.1. The van der Waals surface area contributed by atoms with Crippen molar-refractivity contribution in [2.24, 2.45) is 5.92 Å². The van der Waals surface area contributed by atoms with Gasteiger partial charge < -0.3 is 14.7 Å². The van der Waals surface area contributed by atoms with Gasteiger partial charge in [-0.1, -0.05) is 72.8 Å². The molecule has 0 radical (unpaired) electrons. The van der Waals surface area contributed by atoms with Crippen molar-refractivity contribution in [3.63, 3.8) is 0 Å². The van der Waals surface area contributed by atoms with E-state index in [0.29, 0.717) is 0 Å². The van der Waals surface area contributed by atoms with E-state index in [4.69, 9.17) is 4.74 Å². The maximum Gasteiger partial charge on any atom is 0.319 e. The number of benzene rings is 3. The molecule has 5 nitrogen and oxygen atoms in total. The van der Waals surface area contributed by atoms with Crippen LogP contribution in [0.15, 0.2) is 72.8 Å². The van der Waals surface area contributed by atoms with E-state index in [0.717, 1.165) is 21.9 Å². The van der Waals surface area contributed by atoms with Gasteiger partial charge in [0, 0.05) is 18.9 Å². The summed E-state index contributed by atoms with van der Waals surface area (Å²) < 4.78 is 5.26. The van der Waals surface area contributed by atoms with Crippen molar-refractivity contribution in [1.82, 2.24) is 4.90 Å². The maximum absolute atomic E-state index is 13.4. The lowest BCUT2D eigenvalue weighted by molar-refractivity contribution is -0.168. The normalized spacial score (nSPS) is 21.6. The number of carbonyl (C=O) groups excluding carboxylic acids is 2. The molecule has 0 unspecified atom stereocenters. The van der Waals surface area contributed by atoms with Gasteiger partial charge in [0.15, 0.2) is 0 Å². The third kappa shape index (κ3) is 3.94. The lowest BCUT2D eigenvalue weighted by Gasteiger charge is -2.40. The van der Waals surface area contributed by atoms with Crippen LogP contribution in [0.4, 0.5) is 0 Å². The van der Waals surface area contributed by atoms with Gasteiger partial charge >= 0.3 is 5.97 Å². The fraction of sp³-hybridized carbons (Fsp3) is 0.280. The van der Waals surface area contributed by atoms with Gasteiger partial charge in [-0.15, -0.1) is 0 Å². The van der Waals surface area contributed by atoms with Crippen LogP contribution >= 0.6 is 0 Å². The lowest BCUT2D eigenvalue weighted by Crippen LogP contribution is -2.53. The summed E-state index contributed by atoms with van der Waals surface area (Å²) in [5.74, 6) is -2.35. The van der Waals surface area contributed by atoms with Crippen LogP contribution in [0, 0.1) is 5.92 Å². The Kier molecular flexibility index (Phi) is 5.81. The first-order valence-corrected chi connectivity index (χ1v) is 10.3. The predicted molar refractivity (Wildman–Crippen MR) is 114 cm³/mol. The van der Waals surface area contributed by atoms with Gasteiger partial charge in [-0.2, -0.15) is 0 Å². The van der Waals surface area contributed by atoms with Crippen molar-refractivity contribution in [1.29, 1.82) is 0 Å². The minimum atomic E-state index is -0.974. The molecule has 0 bridgehead atoms. The quantitative estimate of drug-likeness (QED) is 0.519. The second-order valence-electron chi connectivity index (χ2n) is 7.61. The third-order valence-electron chi connectivity index (χ3n) is 5.71. The molecular weight excluding hydrogens is 378 g/mol. The molecule has 1 amide bonds. The number of fused-ring (bicyclic) bond motifs is 1. The second-order valence-corrected chi connectivity index (χ2v) is 7.61. The summed E-state index contributed by atoms with van der Waals surface area (Å²) in [6.45, 7) is 2.18. The maximum atomic E-state index is 13.4. The van der Waals surface area contributed by atoms with Gasteiger partial charge in [-0.3, -0.25) is 9.59 Å². The summed E-state index contributed by atoms with van der Waals surface area (Å²) >= 11 is 0. The fourth-order valence-corrected chi connectivity index (χ4v) is 4.22. The molecule has 1 heterocycles. The molecule has 1 N–H and O–H groups in total. The van der Waals surface area contributed by atoms with Gasteiger partial charge in [0.1, 0.15) is 12.1 Å². The summed E-state index contributed by atoms with van der Waals surface area (Å²) in [7, 11) is 0. The van der Waals surface area contributed by atoms with E-state index in [2.05, 4.69) is 0 Å². The zero-order chi connectivity index (χ0) is 21.1. The van der Waals surface area contributed by atoms with Gasteiger partial charge in [0.2, 0.25) is 5.91 Å². The number of esters is 1. The summed E-state index contributed by atoms with van der Waals surface area (Å²) in [5, 5.41) is 12.9. The Labute approximate surface area is 175 Å². The van der Waals surface area contributed by atoms with Gasteiger partial charge in [0.25, 0.3) is 0 Å². The number of likely N-dealkylation sites (tertiary alicyclic amines) is 1. The minimum Gasteiger partial charge on any atom is -0.465 e. The summed E-state index contributed by atoms with van der Waals surface area (Å²) in [5.41, 5.74) is 1.76. The molecule has 0 spiro atoms. The van der Waals surface area contributed by atoms with Crippen LogP contribution in [0.3, 0.4) is 0 Å². The van der Waals surface area contributed by atoms with Crippen LogP contribution in [-0.4, -0.2) is 34.7 Å². The average Bonchev–Trinajstić information content (AvgIpc) is 2.76. The molecule has 1 fully saturated rings. The molecule has 154 valence electrons. The Hall–Kier alpha value is -3.18. The van der Waals surface area contributed by atoms with Crippen LogP contribution in [0.5, 0.6) is 0 Å². The van der Waals surface area contributed by atoms with E-state index in [1.165, 1.54) is 4.90 Å². The summed E-state index contributed by atoms with van der Waals surface area (Å²) in [6, 6.07) is 23.3. The highest BCUT2D eigenvalue weighted by molar-refractivity contribution is 5.99. The number of ether oxygens (including phenoxy) is 1. The molecule has 3 aromatic rings. The van der Waals surface area contributed by atoms with E-state index in [1.54, 1.807) is 6.92 Å². The van der Waals surface area contributed by atoms with Crippen molar-refractivity contribution in [3.05, 3.63) is 83.9 Å². The highest BCUT2D eigenvalue weighted by atomic mass is 16.5. The number of aliphatic hydroxyl groups is 1. The molecule has 3 atom stereocenters. The fourth-order valence-electron chi connectivity index (χ4n) is 4.22. The average molecular weight is 403 g/mol. The summed E-state index contributed by atoms with van der Waals surface area (Å²) in [6.07, 6.45) is -0.694. The molecule has 4 rings (SSSR count). The van der Waals surface area contributed by atoms with Gasteiger partial charge in [-0.25, -0.2) is 0 Å². The van der Waals surface area contributed by atoms with Gasteiger partial charge in [-0.05, 0) is 28.8 Å². The molecule has 1 aliphatic rings. The molecule has 0 aliphatic carbocycles. The Bertz CT molecular complexity index is 1050. The number of rotatable bonds is 5. The van der Waals surface area contributed by atoms with Crippen LogP contribution in [0.2, 0.25) is 0 Å². The number of aliphatic hydroxyl groups excluding tert-OH is 1. The van der Waals surface area contributed by atoms with Crippen molar-refractivity contribution < 1.29 is 19.4 Å². The zero-order valence-electron chi connectivity index (χ0n) is 16.9. The number of amides is 1. The first-order chi connectivity index (χ1) is 14.6. The van der Waals surface area contributed by atoms with E-state index >= 15 is 0 Å². The second kappa shape index (κ2) is 8.67. The van der Waals surface area contributed by atoms with Crippen LogP contribution in [0.25, 0.3) is 10.8 Å². The molecule has 5 heteroatoms. The van der Waals surface area contributed by atoms with Crippen molar-refractivity contribution >= 4 is 22.6 Å².